The molecule has 0 aromatic heterocycles. The Hall–Kier alpha value is -3.54. The molecule has 0 aliphatic carbocycles. The Kier molecular flexibility index (Phi) is 2.42. The summed E-state index contributed by atoms with van der Waals surface area (Å²) in [5.41, 5.74) is 2.35. The lowest BCUT2D eigenvalue weighted by molar-refractivity contribution is -0.385. The number of hydrogen-bond acceptors (Lipinski definition) is 5. The second kappa shape index (κ2) is 4.48. The summed E-state index contributed by atoms with van der Waals surface area (Å²) in [5.74, 6) is 2.11. The van der Waals surface area contributed by atoms with Crippen LogP contribution in [0.5, 0.6) is 23.0 Å². The molecule has 0 saturated heterocycles. The van der Waals surface area contributed by atoms with Crippen LogP contribution in [0.4, 0.5) is 22.7 Å². The Morgan fingerprint density at radius 3 is 1.79 bits per heavy atom. The van der Waals surface area contributed by atoms with Crippen molar-refractivity contribution < 1.29 is 14.4 Å². The van der Waals surface area contributed by atoms with Gasteiger partial charge in [-0.1, -0.05) is 24.3 Å². The standard InChI is InChI=1S/C18H10N2O4/c21-20(22)11-9-16-18-17(10-11)24-15-8-4-2-6-13(15)19(18)12-5-1-3-7-14(12)23-16/h1-10H. The number of hydrogen-bond donors (Lipinski definition) is 0. The van der Waals surface area contributed by atoms with Crippen LogP contribution in [0.2, 0.25) is 0 Å². The van der Waals surface area contributed by atoms with E-state index in [0.717, 1.165) is 11.4 Å². The van der Waals surface area contributed by atoms with Gasteiger partial charge in [-0.05, 0) is 24.3 Å². The summed E-state index contributed by atoms with van der Waals surface area (Å²) in [5, 5.41) is 11.2. The maximum absolute atomic E-state index is 11.2. The molecule has 3 aromatic rings. The van der Waals surface area contributed by atoms with Crippen molar-refractivity contribution in [1.82, 2.24) is 0 Å². The second-order valence-electron chi connectivity index (χ2n) is 5.52. The summed E-state index contributed by atoms with van der Waals surface area (Å²) in [6.07, 6.45) is 0. The minimum Gasteiger partial charge on any atom is -0.453 e. The highest BCUT2D eigenvalue weighted by atomic mass is 16.6. The third-order valence-electron chi connectivity index (χ3n) is 4.11. The highest BCUT2D eigenvalue weighted by Gasteiger charge is 2.36. The summed E-state index contributed by atoms with van der Waals surface area (Å²) < 4.78 is 11.8. The molecule has 0 radical (unpaired) electrons. The number of rotatable bonds is 1. The van der Waals surface area contributed by atoms with Crippen molar-refractivity contribution in [2.24, 2.45) is 0 Å². The van der Waals surface area contributed by atoms with Crippen molar-refractivity contribution in [3.8, 4) is 23.0 Å². The first kappa shape index (κ1) is 13.0. The first-order valence-corrected chi connectivity index (χ1v) is 7.39. The molecule has 2 heterocycles. The highest BCUT2D eigenvalue weighted by Crippen LogP contribution is 2.60. The van der Waals surface area contributed by atoms with Gasteiger partial charge in [0.2, 0.25) is 0 Å². The molecule has 0 fully saturated rings. The summed E-state index contributed by atoms with van der Waals surface area (Å²) >= 11 is 0. The van der Waals surface area contributed by atoms with E-state index in [0.29, 0.717) is 28.7 Å². The molecule has 5 rings (SSSR count). The summed E-state index contributed by atoms with van der Waals surface area (Å²) in [4.78, 5) is 12.8. The van der Waals surface area contributed by atoms with Crippen molar-refractivity contribution in [2.75, 3.05) is 4.90 Å². The van der Waals surface area contributed by atoms with Crippen molar-refractivity contribution in [3.05, 3.63) is 70.8 Å². The van der Waals surface area contributed by atoms with E-state index in [9.17, 15) is 10.1 Å². The fourth-order valence-electron chi connectivity index (χ4n) is 3.11. The third-order valence-corrected chi connectivity index (χ3v) is 4.11. The normalized spacial score (nSPS) is 13.1. The lowest BCUT2D eigenvalue weighted by Crippen LogP contribution is -2.20. The largest absolute Gasteiger partial charge is 0.453 e. The smallest absolute Gasteiger partial charge is 0.277 e. The predicted octanol–water partition coefficient (Wildman–Crippen LogP) is 5.28. The zero-order valence-corrected chi connectivity index (χ0v) is 12.3. The van der Waals surface area contributed by atoms with Gasteiger partial charge in [0, 0.05) is 0 Å². The summed E-state index contributed by atoms with van der Waals surface area (Å²) in [7, 11) is 0. The van der Waals surface area contributed by atoms with Crippen LogP contribution in [0.25, 0.3) is 0 Å². The molecule has 116 valence electrons. The van der Waals surface area contributed by atoms with Crippen molar-refractivity contribution in [3.63, 3.8) is 0 Å². The molecule has 0 saturated carbocycles. The van der Waals surface area contributed by atoms with Crippen molar-refractivity contribution >= 4 is 22.7 Å². The van der Waals surface area contributed by atoms with Gasteiger partial charge in [-0.2, -0.15) is 0 Å². The van der Waals surface area contributed by atoms with Crippen LogP contribution in [0.1, 0.15) is 0 Å². The zero-order valence-electron chi connectivity index (χ0n) is 12.3. The quantitative estimate of drug-likeness (QED) is 0.311. The molecule has 6 heteroatoms. The van der Waals surface area contributed by atoms with E-state index in [1.165, 1.54) is 12.1 Å². The molecule has 0 atom stereocenters. The maximum Gasteiger partial charge on any atom is 0.277 e. The van der Waals surface area contributed by atoms with E-state index in [1.54, 1.807) is 0 Å². The first-order chi connectivity index (χ1) is 11.7. The Balaban J connectivity index is 1.85. The molecule has 0 bridgehead atoms. The molecule has 0 unspecified atom stereocenters. The van der Waals surface area contributed by atoms with Gasteiger partial charge in [-0.3, -0.25) is 15.0 Å². The predicted molar refractivity (Wildman–Crippen MR) is 87.9 cm³/mol. The van der Waals surface area contributed by atoms with Crippen LogP contribution in [0.3, 0.4) is 0 Å². The van der Waals surface area contributed by atoms with Crippen LogP contribution < -0.4 is 14.4 Å². The molecule has 24 heavy (non-hydrogen) atoms. The Morgan fingerprint density at radius 1 is 0.792 bits per heavy atom. The monoisotopic (exact) mass is 318 g/mol. The van der Waals surface area contributed by atoms with E-state index >= 15 is 0 Å². The van der Waals surface area contributed by atoms with E-state index in [2.05, 4.69) is 0 Å². The molecular formula is C18H10N2O4. The Labute approximate surface area is 136 Å². The number of anilines is 3. The van der Waals surface area contributed by atoms with Gasteiger partial charge in [0.1, 0.15) is 5.69 Å². The number of nitrogens with zero attached hydrogens (tertiary/aromatic N) is 2. The molecule has 3 aromatic carbocycles. The van der Waals surface area contributed by atoms with Gasteiger partial charge in [-0.15, -0.1) is 0 Å². The van der Waals surface area contributed by atoms with Crippen LogP contribution >= 0.6 is 0 Å². The number of benzene rings is 3. The van der Waals surface area contributed by atoms with Crippen LogP contribution in [0.15, 0.2) is 60.7 Å². The van der Waals surface area contributed by atoms with E-state index < -0.39 is 4.92 Å². The average molecular weight is 318 g/mol. The zero-order chi connectivity index (χ0) is 16.3. The average Bonchev–Trinajstić information content (AvgIpc) is 2.61. The lowest BCUT2D eigenvalue weighted by Gasteiger charge is -2.37. The van der Waals surface area contributed by atoms with Gasteiger partial charge in [0.15, 0.2) is 23.0 Å². The van der Waals surface area contributed by atoms with Crippen LogP contribution in [-0.4, -0.2) is 4.92 Å². The fraction of sp³-hybridized carbons (Fsp3) is 0. The number of nitro groups is 1. The molecule has 6 nitrogen and oxygen atoms in total. The Bertz CT molecular complexity index is 945. The van der Waals surface area contributed by atoms with Gasteiger partial charge >= 0.3 is 0 Å². The first-order valence-electron chi connectivity index (χ1n) is 7.39. The Morgan fingerprint density at radius 2 is 1.29 bits per heavy atom. The molecule has 2 aliphatic rings. The van der Waals surface area contributed by atoms with Gasteiger partial charge < -0.3 is 9.47 Å². The maximum atomic E-state index is 11.2. The SMILES string of the molecule is O=[N+]([O-])c1cc2c3c(c1)Oc1ccccc1N3c1ccccc1O2. The number of nitro benzene ring substituents is 1. The molecule has 0 amide bonds. The molecular weight excluding hydrogens is 308 g/mol. The summed E-state index contributed by atoms with van der Waals surface area (Å²) in [6, 6.07) is 18.0. The van der Waals surface area contributed by atoms with Crippen LogP contribution in [0, 0.1) is 10.1 Å². The lowest BCUT2D eigenvalue weighted by atomic mass is 10.1. The van der Waals surface area contributed by atoms with E-state index in [1.807, 2.05) is 53.4 Å². The molecule has 2 aliphatic heterocycles. The topological polar surface area (TPSA) is 64.8 Å². The summed E-state index contributed by atoms with van der Waals surface area (Å²) in [6.45, 7) is 0. The number of non-ortho nitro benzene ring substituents is 1. The van der Waals surface area contributed by atoms with Crippen molar-refractivity contribution in [1.29, 1.82) is 0 Å². The minimum atomic E-state index is -0.450. The van der Waals surface area contributed by atoms with Crippen molar-refractivity contribution in [2.45, 2.75) is 0 Å². The van der Waals surface area contributed by atoms with Gasteiger partial charge in [-0.25, -0.2) is 0 Å². The third kappa shape index (κ3) is 1.65. The van der Waals surface area contributed by atoms with E-state index in [-0.39, 0.29) is 5.69 Å². The van der Waals surface area contributed by atoms with E-state index in [4.69, 9.17) is 9.47 Å². The number of ether oxygens (including phenoxy) is 2. The number of fused-ring (bicyclic) bond motifs is 4. The highest BCUT2D eigenvalue weighted by molar-refractivity contribution is 5.94. The minimum absolute atomic E-state index is 0.0672. The molecule has 0 spiro atoms. The fourth-order valence-corrected chi connectivity index (χ4v) is 3.11. The van der Waals surface area contributed by atoms with Gasteiger partial charge in [0.05, 0.1) is 28.4 Å². The van der Waals surface area contributed by atoms with Gasteiger partial charge in [0.25, 0.3) is 5.69 Å². The number of para-hydroxylation sites is 4. The van der Waals surface area contributed by atoms with Crippen LogP contribution in [-0.2, 0) is 0 Å². The second-order valence-corrected chi connectivity index (χ2v) is 5.52. The molecule has 0 N–H and O–H groups in total.